The van der Waals surface area contributed by atoms with E-state index >= 15 is 0 Å². The number of benzene rings is 9. The minimum atomic E-state index is 0.0717. The normalized spacial score (nSPS) is 20.4. The van der Waals surface area contributed by atoms with E-state index in [1.807, 2.05) is 0 Å². The van der Waals surface area contributed by atoms with E-state index in [2.05, 4.69) is 188 Å². The molecule has 272 valence electrons. The summed E-state index contributed by atoms with van der Waals surface area (Å²) in [6.45, 7) is 0. The van der Waals surface area contributed by atoms with Crippen LogP contribution in [0.4, 0.5) is 0 Å². The monoisotopic (exact) mass is 744 g/mol. The second-order valence-electron chi connectivity index (χ2n) is 17.6. The lowest BCUT2D eigenvalue weighted by Gasteiger charge is -2.44. The van der Waals surface area contributed by atoms with E-state index in [0.717, 1.165) is 0 Å². The Kier molecular flexibility index (Phi) is 5.74. The highest BCUT2D eigenvalue weighted by molar-refractivity contribution is 6.01. The fourth-order valence-corrected chi connectivity index (χ4v) is 13.3. The van der Waals surface area contributed by atoms with Gasteiger partial charge in [-0.3, -0.25) is 0 Å². The summed E-state index contributed by atoms with van der Waals surface area (Å²) in [5.74, 6) is 0.782. The fraction of sp³-hybridized carbons (Fsp3) is 0.0847. The Labute approximate surface area is 344 Å². The number of hydrogen-bond acceptors (Lipinski definition) is 0. The predicted octanol–water partition coefficient (Wildman–Crippen LogP) is 14.1. The van der Waals surface area contributed by atoms with Gasteiger partial charge in [0.1, 0.15) is 0 Å². The molecule has 0 heterocycles. The van der Waals surface area contributed by atoms with Crippen LogP contribution in [0.25, 0.3) is 44.5 Å². The molecule has 0 aromatic heterocycles. The number of rotatable bonds is 2. The molecule has 0 heteroatoms. The molecule has 9 aromatic carbocycles. The summed E-state index contributed by atoms with van der Waals surface area (Å²) >= 11 is 0. The maximum Gasteiger partial charge on any atom is 0.0364 e. The van der Waals surface area contributed by atoms with E-state index in [4.69, 9.17) is 0 Å². The summed E-state index contributed by atoms with van der Waals surface area (Å²) in [5, 5.41) is 0. The molecule has 5 atom stereocenters. The van der Waals surface area contributed by atoms with Crippen molar-refractivity contribution in [3.63, 3.8) is 0 Å². The van der Waals surface area contributed by atoms with Gasteiger partial charge in [-0.15, -0.1) is 0 Å². The summed E-state index contributed by atoms with van der Waals surface area (Å²) in [6.07, 6.45) is 0. The Balaban J connectivity index is 1.15. The lowest BCUT2D eigenvalue weighted by molar-refractivity contribution is 0.756. The predicted molar refractivity (Wildman–Crippen MR) is 239 cm³/mol. The van der Waals surface area contributed by atoms with Gasteiger partial charge in [0.05, 0.1) is 0 Å². The van der Waals surface area contributed by atoms with Gasteiger partial charge in [0, 0.05) is 29.6 Å². The average molecular weight is 745 g/mol. The van der Waals surface area contributed by atoms with Gasteiger partial charge < -0.3 is 0 Å². The van der Waals surface area contributed by atoms with Crippen molar-refractivity contribution in [1.82, 2.24) is 0 Å². The third-order valence-corrected chi connectivity index (χ3v) is 15.2. The van der Waals surface area contributed by atoms with Crippen LogP contribution in [0.1, 0.15) is 113 Å². The Morgan fingerprint density at radius 1 is 0.203 bits per heavy atom. The number of hydrogen-bond donors (Lipinski definition) is 0. The van der Waals surface area contributed by atoms with Crippen LogP contribution in [-0.2, 0) is 0 Å². The molecule has 0 nitrogen and oxygen atoms in total. The van der Waals surface area contributed by atoms with Crippen LogP contribution in [0.2, 0.25) is 0 Å². The van der Waals surface area contributed by atoms with Crippen LogP contribution >= 0.6 is 0 Å². The first-order chi connectivity index (χ1) is 29.3. The molecule has 0 aliphatic heterocycles. The van der Waals surface area contributed by atoms with Crippen molar-refractivity contribution in [3.8, 4) is 44.5 Å². The standard InChI is InChI=1S/C59H36/c1-3-16-32(17-4-1)48-42-28-15-29-43-49(33-18-5-2-6-19-33)57-47(31-45-35-21-8-10-23-37(35)50-38-24-11-13-26-40(38)53(57)55(45)50)58(52(42)43)59-46(48)30-44-34-20-7-9-22-36(34)51-39-25-12-14-27-41(39)54(59)56(44)51/h1-31,48-51,58H. The minimum Gasteiger partial charge on any atom is -0.0622 e. The van der Waals surface area contributed by atoms with Crippen molar-refractivity contribution in [1.29, 1.82) is 0 Å². The summed E-state index contributed by atoms with van der Waals surface area (Å²) in [4.78, 5) is 0. The van der Waals surface area contributed by atoms with Gasteiger partial charge in [-0.25, -0.2) is 0 Å². The Morgan fingerprint density at radius 2 is 0.576 bits per heavy atom. The summed E-state index contributed by atoms with van der Waals surface area (Å²) in [6, 6.07) is 72.8. The molecule has 0 radical (unpaired) electrons. The van der Waals surface area contributed by atoms with Gasteiger partial charge in [0.15, 0.2) is 0 Å². The first-order valence-electron chi connectivity index (χ1n) is 21.4. The second kappa shape index (κ2) is 10.9. The van der Waals surface area contributed by atoms with E-state index in [9.17, 15) is 0 Å². The molecule has 0 saturated carbocycles. The average Bonchev–Trinajstić information content (AvgIpc) is 4.03. The summed E-state index contributed by atoms with van der Waals surface area (Å²) in [7, 11) is 0. The highest BCUT2D eigenvalue weighted by Gasteiger charge is 2.51. The quantitative estimate of drug-likeness (QED) is 0.165. The molecule has 9 aromatic rings. The SMILES string of the molecule is c1ccc(C2c3cccc4c3C(c3cc5c6c(c3C4c3ccccc3)-c3ccccc3C6c3ccccc3-5)c3c2cc2c4c3-c3ccccc3C4c3ccccc3-2)cc1. The van der Waals surface area contributed by atoms with E-state index in [-0.39, 0.29) is 29.6 Å². The Bertz CT molecular complexity index is 3350. The van der Waals surface area contributed by atoms with E-state index in [0.29, 0.717) is 0 Å². The third-order valence-electron chi connectivity index (χ3n) is 15.2. The molecular weight excluding hydrogens is 709 g/mol. The van der Waals surface area contributed by atoms with Crippen molar-refractivity contribution < 1.29 is 0 Å². The van der Waals surface area contributed by atoms with Crippen molar-refractivity contribution in [2.24, 2.45) is 0 Å². The minimum absolute atomic E-state index is 0.0717. The van der Waals surface area contributed by atoms with Gasteiger partial charge in [-0.2, -0.15) is 0 Å². The smallest absolute Gasteiger partial charge is 0.0364 e. The lowest BCUT2D eigenvalue weighted by Crippen LogP contribution is -2.29. The number of fused-ring (bicyclic) bond motifs is 18. The Morgan fingerprint density at radius 3 is 1.10 bits per heavy atom. The first kappa shape index (κ1) is 31.0. The summed E-state index contributed by atoms with van der Waals surface area (Å²) in [5.41, 5.74) is 33.4. The molecule has 0 bridgehead atoms. The van der Waals surface area contributed by atoms with Gasteiger partial charge in [0.25, 0.3) is 0 Å². The zero-order valence-electron chi connectivity index (χ0n) is 32.3. The topological polar surface area (TPSA) is 0 Å². The maximum atomic E-state index is 2.69. The second-order valence-corrected chi connectivity index (χ2v) is 17.6. The maximum absolute atomic E-state index is 2.69. The third kappa shape index (κ3) is 3.65. The highest BCUT2D eigenvalue weighted by atomic mass is 14.5. The fourth-order valence-electron chi connectivity index (χ4n) is 13.3. The van der Waals surface area contributed by atoms with E-state index in [1.54, 1.807) is 0 Å². The molecule has 59 heavy (non-hydrogen) atoms. The molecule has 0 N–H and O–H groups in total. The summed E-state index contributed by atoms with van der Waals surface area (Å²) < 4.78 is 0. The van der Waals surface area contributed by atoms with Gasteiger partial charge in [-0.05, 0) is 140 Å². The molecule has 6 aliphatic carbocycles. The molecule has 6 aliphatic rings. The molecule has 0 saturated heterocycles. The molecule has 15 rings (SSSR count). The van der Waals surface area contributed by atoms with Crippen molar-refractivity contribution in [2.75, 3.05) is 0 Å². The lowest BCUT2D eigenvalue weighted by atomic mass is 9.58. The molecule has 0 spiro atoms. The van der Waals surface area contributed by atoms with Gasteiger partial charge >= 0.3 is 0 Å². The van der Waals surface area contributed by atoms with Crippen LogP contribution in [0.15, 0.2) is 188 Å². The van der Waals surface area contributed by atoms with Crippen molar-refractivity contribution >= 4 is 0 Å². The van der Waals surface area contributed by atoms with Crippen molar-refractivity contribution in [3.05, 3.63) is 272 Å². The molecule has 0 fully saturated rings. The van der Waals surface area contributed by atoms with Crippen LogP contribution in [0, 0.1) is 0 Å². The zero-order valence-corrected chi connectivity index (χ0v) is 32.3. The largest absolute Gasteiger partial charge is 0.0622 e. The molecule has 5 unspecified atom stereocenters. The molecule has 0 amide bonds. The van der Waals surface area contributed by atoms with Crippen LogP contribution < -0.4 is 0 Å². The highest BCUT2D eigenvalue weighted by Crippen LogP contribution is 2.68. The molecular formula is C59H36. The van der Waals surface area contributed by atoms with Gasteiger partial charge in [0.2, 0.25) is 0 Å². The van der Waals surface area contributed by atoms with Gasteiger partial charge in [-0.1, -0.05) is 176 Å². The zero-order chi connectivity index (χ0) is 38.1. The van der Waals surface area contributed by atoms with Crippen LogP contribution in [-0.4, -0.2) is 0 Å². The van der Waals surface area contributed by atoms with Crippen molar-refractivity contribution in [2.45, 2.75) is 29.6 Å². The van der Waals surface area contributed by atoms with Crippen LogP contribution in [0.5, 0.6) is 0 Å². The van der Waals surface area contributed by atoms with Crippen LogP contribution in [0.3, 0.4) is 0 Å². The van der Waals surface area contributed by atoms with E-state index < -0.39 is 0 Å². The first-order valence-corrected chi connectivity index (χ1v) is 21.4. The Hall–Kier alpha value is -7.02. The van der Waals surface area contributed by atoms with E-state index in [1.165, 1.54) is 128 Å².